The Morgan fingerprint density at radius 3 is 2.29 bits per heavy atom. The van der Waals surface area contributed by atoms with Gasteiger partial charge in [0, 0.05) is 23.5 Å². The number of benzene rings is 2. The summed E-state index contributed by atoms with van der Waals surface area (Å²) in [6, 6.07) is 10.6. The van der Waals surface area contributed by atoms with Crippen molar-refractivity contribution >= 4 is 23.1 Å². The van der Waals surface area contributed by atoms with E-state index in [0.29, 0.717) is 18.4 Å². The summed E-state index contributed by atoms with van der Waals surface area (Å²) in [5, 5.41) is 10.8. The van der Waals surface area contributed by atoms with Crippen LogP contribution in [0.2, 0.25) is 0 Å². The largest absolute Gasteiger partial charge is 0.512 e. The molecule has 2 aromatic carbocycles. The van der Waals surface area contributed by atoms with Gasteiger partial charge >= 0.3 is 0 Å². The summed E-state index contributed by atoms with van der Waals surface area (Å²) in [4.78, 5) is 14.0. The third-order valence-corrected chi connectivity index (χ3v) is 6.83. The number of rotatable bonds is 5. The Morgan fingerprint density at radius 1 is 1.11 bits per heavy atom. The van der Waals surface area contributed by atoms with E-state index in [9.17, 15) is 14.3 Å². The van der Waals surface area contributed by atoms with Gasteiger partial charge in [-0.15, -0.1) is 11.8 Å². The molecular weight excluding hydrogens is 371 g/mol. The van der Waals surface area contributed by atoms with Crippen molar-refractivity contribution in [3.8, 4) is 0 Å². The van der Waals surface area contributed by atoms with Crippen LogP contribution in [0.15, 0.2) is 47.1 Å². The van der Waals surface area contributed by atoms with Crippen LogP contribution in [0.5, 0.6) is 0 Å². The Hall–Kier alpha value is -2.07. The first-order chi connectivity index (χ1) is 13.3. The van der Waals surface area contributed by atoms with Crippen LogP contribution in [0.3, 0.4) is 0 Å². The van der Waals surface area contributed by atoms with E-state index in [1.807, 2.05) is 20.8 Å². The molecule has 28 heavy (non-hydrogen) atoms. The number of Topliss-reactive ketones (excluding diaryl/α,β-unsaturated/α-hetero) is 1. The Labute approximate surface area is 170 Å². The molecule has 3 rings (SSSR count). The van der Waals surface area contributed by atoms with Crippen molar-refractivity contribution in [2.24, 2.45) is 11.8 Å². The normalized spacial score (nSPS) is 18.5. The quantitative estimate of drug-likeness (QED) is 0.590. The summed E-state index contributed by atoms with van der Waals surface area (Å²) in [5.74, 6) is 1.23. The molecule has 2 unspecified atom stereocenters. The number of allylic oxidation sites excluding steroid dienone is 2. The van der Waals surface area contributed by atoms with Crippen LogP contribution < -0.4 is 0 Å². The van der Waals surface area contributed by atoms with Gasteiger partial charge in [-0.1, -0.05) is 24.6 Å². The van der Waals surface area contributed by atoms with Gasteiger partial charge in [-0.05, 0) is 73.6 Å². The van der Waals surface area contributed by atoms with Gasteiger partial charge in [-0.2, -0.15) is 0 Å². The van der Waals surface area contributed by atoms with Crippen LogP contribution in [-0.4, -0.2) is 16.6 Å². The molecule has 1 N–H and O–H groups in total. The van der Waals surface area contributed by atoms with Crippen molar-refractivity contribution in [1.29, 1.82) is 0 Å². The van der Waals surface area contributed by atoms with Crippen LogP contribution >= 0.6 is 11.8 Å². The summed E-state index contributed by atoms with van der Waals surface area (Å²) in [6.07, 6.45) is 0.982. The van der Waals surface area contributed by atoms with Crippen molar-refractivity contribution in [3.63, 3.8) is 0 Å². The Balaban J connectivity index is 1.75. The van der Waals surface area contributed by atoms with Gasteiger partial charge in [0.1, 0.15) is 11.6 Å². The highest BCUT2D eigenvalue weighted by Gasteiger charge is 2.32. The average molecular weight is 399 g/mol. The number of hydrogen-bond donors (Lipinski definition) is 1. The predicted octanol–water partition coefficient (Wildman–Crippen LogP) is 6.43. The summed E-state index contributed by atoms with van der Waals surface area (Å²) in [5.41, 5.74) is 4.62. The lowest BCUT2D eigenvalue weighted by Gasteiger charge is -2.29. The van der Waals surface area contributed by atoms with Crippen molar-refractivity contribution in [1.82, 2.24) is 0 Å². The highest BCUT2D eigenvalue weighted by Crippen LogP contribution is 2.39. The van der Waals surface area contributed by atoms with E-state index in [-0.39, 0.29) is 29.2 Å². The third-order valence-electron chi connectivity index (χ3n) is 5.53. The van der Waals surface area contributed by atoms with Crippen LogP contribution in [0.4, 0.5) is 4.39 Å². The minimum atomic E-state index is -0.237. The van der Waals surface area contributed by atoms with Crippen LogP contribution in [0.25, 0.3) is 5.57 Å². The van der Waals surface area contributed by atoms with Gasteiger partial charge in [0.25, 0.3) is 0 Å². The highest BCUT2D eigenvalue weighted by atomic mass is 32.2. The van der Waals surface area contributed by atoms with Crippen LogP contribution in [0, 0.1) is 38.4 Å². The Bertz CT molecular complexity index is 892. The molecule has 0 bridgehead atoms. The lowest BCUT2D eigenvalue weighted by atomic mass is 9.77. The summed E-state index contributed by atoms with van der Waals surface area (Å²) in [7, 11) is 0. The molecule has 0 aliphatic heterocycles. The van der Waals surface area contributed by atoms with E-state index < -0.39 is 0 Å². The number of thioether (sulfide) groups is 1. The van der Waals surface area contributed by atoms with Crippen molar-refractivity contribution < 1.29 is 14.3 Å². The number of carbonyl (C=O) groups is 1. The first-order valence-electron chi connectivity index (χ1n) is 9.68. The minimum absolute atomic E-state index is 0.0300. The molecule has 2 aromatic rings. The second kappa shape index (κ2) is 8.52. The summed E-state index contributed by atoms with van der Waals surface area (Å²) >= 11 is 1.66. The maximum absolute atomic E-state index is 13.0. The van der Waals surface area contributed by atoms with Crippen LogP contribution in [-0.2, 0) is 4.79 Å². The zero-order valence-corrected chi connectivity index (χ0v) is 17.7. The van der Waals surface area contributed by atoms with E-state index in [1.54, 1.807) is 23.9 Å². The summed E-state index contributed by atoms with van der Waals surface area (Å²) < 4.78 is 13.0. The maximum atomic E-state index is 13.0. The lowest BCUT2D eigenvalue weighted by molar-refractivity contribution is -0.115. The Kier molecular flexibility index (Phi) is 6.29. The predicted molar refractivity (Wildman–Crippen MR) is 114 cm³/mol. The molecule has 148 valence electrons. The first kappa shape index (κ1) is 20.7. The number of aliphatic hydroxyl groups is 1. The van der Waals surface area contributed by atoms with Crippen molar-refractivity contribution in [2.45, 2.75) is 45.4 Å². The molecule has 2 nitrogen and oxygen atoms in total. The molecule has 0 saturated carbocycles. The van der Waals surface area contributed by atoms with Crippen molar-refractivity contribution in [3.05, 3.63) is 70.2 Å². The number of aliphatic hydroxyl groups excluding tert-OH is 1. The number of halogens is 1. The molecule has 0 radical (unpaired) electrons. The monoisotopic (exact) mass is 398 g/mol. The fraction of sp³-hybridized carbons (Fsp3) is 0.375. The molecule has 0 amide bonds. The molecule has 1 aliphatic rings. The van der Waals surface area contributed by atoms with Gasteiger partial charge in [0.15, 0.2) is 5.78 Å². The topological polar surface area (TPSA) is 37.3 Å². The zero-order valence-electron chi connectivity index (χ0n) is 16.9. The van der Waals surface area contributed by atoms with E-state index >= 15 is 0 Å². The number of carbonyl (C=O) groups excluding carboxylic acids is 1. The minimum Gasteiger partial charge on any atom is -0.512 e. The molecule has 1 aliphatic carbocycles. The summed E-state index contributed by atoms with van der Waals surface area (Å²) in [6.45, 7) is 8.15. The number of hydrogen-bond acceptors (Lipinski definition) is 3. The SMILES string of the molecule is Cc1cc(C)c(C2=C(O)CC(C(C)CSc3ccc(F)cc3)CC2=O)c(C)c1. The number of ketones is 1. The fourth-order valence-electron chi connectivity index (χ4n) is 4.08. The van der Waals surface area contributed by atoms with Gasteiger partial charge < -0.3 is 5.11 Å². The van der Waals surface area contributed by atoms with E-state index in [4.69, 9.17) is 0 Å². The van der Waals surface area contributed by atoms with Crippen molar-refractivity contribution in [2.75, 3.05) is 5.75 Å². The molecule has 0 aromatic heterocycles. The number of aryl methyl sites for hydroxylation is 3. The maximum Gasteiger partial charge on any atom is 0.167 e. The van der Waals surface area contributed by atoms with Crippen LogP contribution in [0.1, 0.15) is 42.0 Å². The molecular formula is C24H27FO2S. The van der Waals surface area contributed by atoms with E-state index in [1.165, 1.54) is 12.1 Å². The fourth-order valence-corrected chi connectivity index (χ4v) is 5.13. The molecule has 0 saturated heterocycles. The van der Waals surface area contributed by atoms with Gasteiger partial charge in [-0.25, -0.2) is 4.39 Å². The Morgan fingerprint density at radius 2 is 1.71 bits per heavy atom. The second-order valence-corrected chi connectivity index (χ2v) is 9.02. The lowest BCUT2D eigenvalue weighted by Crippen LogP contribution is -2.25. The van der Waals surface area contributed by atoms with Gasteiger partial charge in [-0.3, -0.25) is 4.79 Å². The molecule has 0 fully saturated rings. The smallest absolute Gasteiger partial charge is 0.167 e. The first-order valence-corrected chi connectivity index (χ1v) is 10.7. The second-order valence-electron chi connectivity index (χ2n) is 7.93. The average Bonchev–Trinajstić information content (AvgIpc) is 2.62. The standard InChI is InChI=1S/C24H27FO2S/c1-14-9-15(2)23(16(3)10-14)24-21(26)11-18(12-22(24)27)17(4)13-28-20-7-5-19(25)6-8-20/h5-10,17-18,26H,11-13H2,1-4H3. The third kappa shape index (κ3) is 4.49. The molecule has 0 spiro atoms. The van der Waals surface area contributed by atoms with Gasteiger partial charge in [0.2, 0.25) is 0 Å². The molecule has 0 heterocycles. The zero-order chi connectivity index (χ0) is 20.4. The highest BCUT2D eigenvalue weighted by molar-refractivity contribution is 7.99. The van der Waals surface area contributed by atoms with Gasteiger partial charge in [0.05, 0.1) is 5.57 Å². The van der Waals surface area contributed by atoms with E-state index in [2.05, 4.69) is 19.1 Å². The molecule has 4 heteroatoms. The van der Waals surface area contributed by atoms with E-state index in [0.717, 1.165) is 32.9 Å². The molecule has 2 atom stereocenters.